The molecule has 1 fully saturated rings. The number of carbonyl (C=O) groups is 1. The number of pyridine rings is 1. The molecule has 6 heteroatoms. The van der Waals surface area contributed by atoms with E-state index >= 15 is 0 Å². The maximum Gasteiger partial charge on any atom is 0.255 e. The van der Waals surface area contributed by atoms with Gasteiger partial charge < -0.3 is 9.64 Å². The first-order chi connectivity index (χ1) is 10.7. The summed E-state index contributed by atoms with van der Waals surface area (Å²) in [5, 5.41) is 8.85. The topological polar surface area (TPSA) is 66.2 Å². The Bertz CT molecular complexity index is 751. The zero-order valence-corrected chi connectivity index (χ0v) is 13.7. The highest BCUT2D eigenvalue weighted by Gasteiger charge is 2.33. The van der Waals surface area contributed by atoms with E-state index in [1.54, 1.807) is 23.2 Å². The second kappa shape index (κ2) is 6.32. The summed E-state index contributed by atoms with van der Waals surface area (Å²) in [5.74, 6) is 0.439. The lowest BCUT2D eigenvalue weighted by atomic mass is 10.1. The van der Waals surface area contributed by atoms with Crippen LogP contribution in [-0.4, -0.2) is 35.0 Å². The molecule has 1 amide bonds. The summed E-state index contributed by atoms with van der Waals surface area (Å²) in [6.45, 7) is 1.06. The molecule has 0 unspecified atom stereocenters. The van der Waals surface area contributed by atoms with Gasteiger partial charge in [0.2, 0.25) is 5.88 Å². The van der Waals surface area contributed by atoms with E-state index in [1.807, 2.05) is 30.3 Å². The van der Waals surface area contributed by atoms with Gasteiger partial charge in [0.15, 0.2) is 0 Å². The summed E-state index contributed by atoms with van der Waals surface area (Å²) >= 11 is 2.16. The molecule has 2 aromatic rings. The van der Waals surface area contributed by atoms with E-state index in [1.165, 1.54) is 0 Å². The minimum Gasteiger partial charge on any atom is -0.471 e. The van der Waals surface area contributed by atoms with E-state index in [2.05, 4.69) is 27.6 Å². The van der Waals surface area contributed by atoms with Crippen LogP contribution in [0.25, 0.3) is 0 Å². The monoisotopic (exact) mass is 405 g/mol. The fourth-order valence-electron chi connectivity index (χ4n) is 2.20. The zero-order valence-electron chi connectivity index (χ0n) is 11.6. The Kier molecular flexibility index (Phi) is 4.24. The van der Waals surface area contributed by atoms with Gasteiger partial charge in [-0.2, -0.15) is 5.26 Å². The number of carbonyl (C=O) groups excluding carboxylic acids is 1. The summed E-state index contributed by atoms with van der Waals surface area (Å²) in [4.78, 5) is 18.2. The standard InChI is InChI=1S/C16H12IN3O2/c17-14-4-2-1-3-13(14)16(21)20-9-12(10-20)22-15-7-11(8-18)5-6-19-15/h1-7,12H,9-10H2. The molecular weight excluding hydrogens is 393 g/mol. The molecule has 1 aliphatic rings. The molecule has 5 nitrogen and oxygen atoms in total. The van der Waals surface area contributed by atoms with Gasteiger partial charge in [0.25, 0.3) is 5.91 Å². The third kappa shape index (κ3) is 3.04. The van der Waals surface area contributed by atoms with Gasteiger partial charge in [0.1, 0.15) is 6.10 Å². The van der Waals surface area contributed by atoms with Crippen LogP contribution in [0.15, 0.2) is 42.6 Å². The average Bonchev–Trinajstić information content (AvgIpc) is 2.50. The lowest BCUT2D eigenvalue weighted by molar-refractivity contribution is 0.0159. The number of benzene rings is 1. The summed E-state index contributed by atoms with van der Waals surface area (Å²) in [5.41, 5.74) is 1.22. The van der Waals surface area contributed by atoms with E-state index in [0.717, 1.165) is 3.57 Å². The van der Waals surface area contributed by atoms with Crippen LogP contribution in [-0.2, 0) is 0 Å². The molecule has 0 saturated carbocycles. The predicted molar refractivity (Wildman–Crippen MR) is 88.4 cm³/mol. The van der Waals surface area contributed by atoms with Crippen molar-refractivity contribution >= 4 is 28.5 Å². The van der Waals surface area contributed by atoms with E-state index in [0.29, 0.717) is 30.1 Å². The van der Waals surface area contributed by atoms with Crippen molar-refractivity contribution in [2.45, 2.75) is 6.10 Å². The fourth-order valence-corrected chi connectivity index (χ4v) is 2.82. The molecule has 0 spiro atoms. The van der Waals surface area contributed by atoms with Crippen LogP contribution < -0.4 is 4.74 Å². The average molecular weight is 405 g/mol. The number of nitriles is 1. The highest BCUT2D eigenvalue weighted by Crippen LogP contribution is 2.21. The highest BCUT2D eigenvalue weighted by atomic mass is 127. The maximum absolute atomic E-state index is 12.4. The van der Waals surface area contributed by atoms with Gasteiger partial charge in [-0.3, -0.25) is 4.79 Å². The number of halogens is 1. The number of hydrogen-bond acceptors (Lipinski definition) is 4. The summed E-state index contributed by atoms with van der Waals surface area (Å²) in [6.07, 6.45) is 1.47. The Hall–Kier alpha value is -2.14. The van der Waals surface area contributed by atoms with Crippen molar-refractivity contribution in [3.05, 3.63) is 57.3 Å². The summed E-state index contributed by atoms with van der Waals surface area (Å²) < 4.78 is 6.62. The molecule has 0 N–H and O–H groups in total. The molecule has 2 heterocycles. The predicted octanol–water partition coefficient (Wildman–Crippen LogP) is 2.46. The quantitative estimate of drug-likeness (QED) is 0.737. The van der Waals surface area contributed by atoms with Crippen LogP contribution in [0.2, 0.25) is 0 Å². The number of amides is 1. The molecule has 1 aromatic heterocycles. The van der Waals surface area contributed by atoms with Gasteiger partial charge >= 0.3 is 0 Å². The van der Waals surface area contributed by atoms with E-state index in [9.17, 15) is 4.79 Å². The number of ether oxygens (including phenoxy) is 1. The first-order valence-electron chi connectivity index (χ1n) is 6.74. The molecular formula is C16H12IN3O2. The summed E-state index contributed by atoms with van der Waals surface area (Å²) in [7, 11) is 0. The molecule has 0 bridgehead atoms. The lowest BCUT2D eigenvalue weighted by Crippen LogP contribution is -2.56. The van der Waals surface area contributed by atoms with Crippen LogP contribution in [0, 0.1) is 14.9 Å². The molecule has 1 aromatic carbocycles. The van der Waals surface area contributed by atoms with Crippen LogP contribution >= 0.6 is 22.6 Å². The molecule has 0 radical (unpaired) electrons. The van der Waals surface area contributed by atoms with Gasteiger partial charge in [-0.15, -0.1) is 0 Å². The maximum atomic E-state index is 12.4. The van der Waals surface area contributed by atoms with Crippen molar-refractivity contribution in [3.63, 3.8) is 0 Å². The minimum atomic E-state index is -0.0771. The molecule has 0 atom stereocenters. The van der Waals surface area contributed by atoms with Gasteiger partial charge in [0.05, 0.1) is 30.3 Å². The number of nitrogens with zero attached hydrogens (tertiary/aromatic N) is 3. The number of aromatic nitrogens is 1. The van der Waals surface area contributed by atoms with Crippen molar-refractivity contribution in [1.82, 2.24) is 9.88 Å². The molecule has 3 rings (SSSR count). The van der Waals surface area contributed by atoms with Crippen LogP contribution in [0.4, 0.5) is 0 Å². The smallest absolute Gasteiger partial charge is 0.255 e. The van der Waals surface area contributed by atoms with Gasteiger partial charge in [-0.05, 0) is 40.8 Å². The third-order valence-electron chi connectivity index (χ3n) is 3.39. The SMILES string of the molecule is N#Cc1ccnc(OC2CN(C(=O)c3ccccc3I)C2)c1. The number of rotatable bonds is 3. The second-order valence-corrected chi connectivity index (χ2v) is 6.09. The number of likely N-dealkylation sites (tertiary alicyclic amines) is 1. The molecule has 22 heavy (non-hydrogen) atoms. The van der Waals surface area contributed by atoms with Crippen molar-refractivity contribution < 1.29 is 9.53 Å². The molecule has 0 aliphatic carbocycles. The fraction of sp³-hybridized carbons (Fsp3) is 0.188. The third-order valence-corrected chi connectivity index (χ3v) is 4.33. The van der Waals surface area contributed by atoms with Gasteiger partial charge in [-0.25, -0.2) is 4.98 Å². The molecule has 1 aliphatic heterocycles. The van der Waals surface area contributed by atoms with Crippen molar-refractivity contribution in [3.8, 4) is 11.9 Å². The van der Waals surface area contributed by atoms with Crippen molar-refractivity contribution in [2.24, 2.45) is 0 Å². The Morgan fingerprint density at radius 3 is 2.86 bits per heavy atom. The van der Waals surface area contributed by atoms with Gasteiger partial charge in [0, 0.05) is 15.8 Å². The Labute approximate surface area is 141 Å². The Morgan fingerprint density at radius 1 is 1.36 bits per heavy atom. The van der Waals surface area contributed by atoms with Crippen LogP contribution in [0.5, 0.6) is 5.88 Å². The van der Waals surface area contributed by atoms with E-state index < -0.39 is 0 Å². The number of hydrogen-bond donors (Lipinski definition) is 0. The largest absolute Gasteiger partial charge is 0.471 e. The first kappa shape index (κ1) is 14.8. The highest BCUT2D eigenvalue weighted by molar-refractivity contribution is 14.1. The first-order valence-corrected chi connectivity index (χ1v) is 7.82. The van der Waals surface area contributed by atoms with Gasteiger partial charge in [-0.1, -0.05) is 12.1 Å². The summed E-state index contributed by atoms with van der Waals surface area (Å²) in [6, 6.07) is 12.8. The molecule has 110 valence electrons. The molecule has 1 saturated heterocycles. The van der Waals surface area contributed by atoms with E-state index in [4.69, 9.17) is 10.00 Å². The second-order valence-electron chi connectivity index (χ2n) is 4.92. The van der Waals surface area contributed by atoms with Crippen molar-refractivity contribution in [2.75, 3.05) is 13.1 Å². The lowest BCUT2D eigenvalue weighted by Gasteiger charge is -2.38. The minimum absolute atomic E-state index is 0.0172. The van der Waals surface area contributed by atoms with E-state index in [-0.39, 0.29) is 12.0 Å². The van der Waals surface area contributed by atoms with Crippen LogP contribution in [0.3, 0.4) is 0 Å². The van der Waals surface area contributed by atoms with Crippen LogP contribution in [0.1, 0.15) is 15.9 Å². The zero-order chi connectivity index (χ0) is 15.5. The Morgan fingerprint density at radius 2 is 2.14 bits per heavy atom. The normalized spacial score (nSPS) is 14.1. The Balaban J connectivity index is 1.59. The van der Waals surface area contributed by atoms with Crippen molar-refractivity contribution in [1.29, 1.82) is 5.26 Å².